The van der Waals surface area contributed by atoms with Crippen molar-refractivity contribution in [3.63, 3.8) is 0 Å². The largest absolute Gasteiger partial charge is 0.332 e. The molecule has 1 aliphatic rings. The lowest BCUT2D eigenvalue weighted by Crippen LogP contribution is -2.49. The van der Waals surface area contributed by atoms with Crippen molar-refractivity contribution < 1.29 is 13.2 Å². The summed E-state index contributed by atoms with van der Waals surface area (Å²) < 4.78 is 27.5. The third-order valence-electron chi connectivity index (χ3n) is 4.91. The van der Waals surface area contributed by atoms with E-state index in [1.165, 1.54) is 0 Å². The lowest BCUT2D eigenvalue weighted by atomic mass is 9.93. The predicted molar refractivity (Wildman–Crippen MR) is 106 cm³/mol. The first-order valence-electron chi connectivity index (χ1n) is 9.29. The third-order valence-corrected chi connectivity index (χ3v) is 6.69. The number of sulfonamides is 1. The number of carbonyl (C=O) groups is 1. The number of nitrogens with zero attached hydrogens (tertiary/aromatic N) is 1. The number of urea groups is 1. The molecular formula is C19H31N3O3S. The summed E-state index contributed by atoms with van der Waals surface area (Å²) >= 11 is 0. The van der Waals surface area contributed by atoms with E-state index in [2.05, 4.69) is 37.7 Å². The number of anilines is 1. The quantitative estimate of drug-likeness (QED) is 0.812. The minimum atomic E-state index is -3.75. The molecule has 0 radical (unpaired) electrons. The topological polar surface area (TPSA) is 78.5 Å². The van der Waals surface area contributed by atoms with Crippen LogP contribution in [0.15, 0.2) is 18.2 Å². The van der Waals surface area contributed by atoms with Crippen LogP contribution in [0.4, 0.5) is 10.5 Å². The molecule has 2 N–H and O–H groups in total. The molecule has 1 saturated heterocycles. The van der Waals surface area contributed by atoms with Crippen LogP contribution in [0.25, 0.3) is 0 Å². The number of carbonyl (C=O) groups excluding carboxylic acids is 1. The van der Waals surface area contributed by atoms with Crippen LogP contribution in [-0.2, 0) is 10.0 Å². The summed E-state index contributed by atoms with van der Waals surface area (Å²) in [5.41, 5.74) is 2.71. The zero-order valence-corrected chi connectivity index (χ0v) is 17.2. The highest BCUT2D eigenvalue weighted by molar-refractivity contribution is 7.90. The van der Waals surface area contributed by atoms with E-state index in [1.54, 1.807) is 11.9 Å². The Bertz CT molecular complexity index is 718. The summed E-state index contributed by atoms with van der Waals surface area (Å²) in [5, 5.41) is 2.14. The van der Waals surface area contributed by atoms with E-state index in [4.69, 9.17) is 0 Å². The first-order chi connectivity index (χ1) is 12.1. The first-order valence-corrected chi connectivity index (χ1v) is 10.8. The fourth-order valence-corrected chi connectivity index (χ4v) is 4.97. The number of likely N-dealkylation sites (tertiary alicyclic amines) is 1. The van der Waals surface area contributed by atoms with E-state index in [9.17, 15) is 13.2 Å². The molecule has 146 valence electrons. The molecule has 1 atom stereocenters. The fraction of sp³-hybridized carbons (Fsp3) is 0.632. The van der Waals surface area contributed by atoms with Crippen LogP contribution in [0.1, 0.15) is 69.9 Å². The number of amides is 2. The third kappa shape index (κ3) is 4.76. The molecule has 1 heterocycles. The van der Waals surface area contributed by atoms with E-state index < -0.39 is 21.4 Å². The average molecular weight is 382 g/mol. The van der Waals surface area contributed by atoms with Crippen molar-refractivity contribution in [2.24, 2.45) is 0 Å². The highest BCUT2D eigenvalue weighted by Crippen LogP contribution is 2.32. The number of nitrogens with one attached hydrogen (secondary N) is 2. The van der Waals surface area contributed by atoms with Crippen LogP contribution in [0, 0.1) is 0 Å². The van der Waals surface area contributed by atoms with Crippen LogP contribution in [0.3, 0.4) is 0 Å². The summed E-state index contributed by atoms with van der Waals surface area (Å²) in [6, 6.07) is 5.21. The standard InChI is InChI=1S/C19H31N3O3S/c1-13(2)15-9-8-10-16(14(3)4)18(15)20-19(23)21-26(24,25)17-11-6-7-12-22(17)5/h8-10,13-14,17H,6-7,11-12H2,1-5H3,(H2,20,21,23). The number of para-hydroxylation sites is 1. The van der Waals surface area contributed by atoms with Crippen molar-refractivity contribution in [3.05, 3.63) is 29.3 Å². The summed E-state index contributed by atoms with van der Waals surface area (Å²) in [6.45, 7) is 8.93. The summed E-state index contributed by atoms with van der Waals surface area (Å²) in [5.74, 6) is 0.426. The molecule has 1 fully saturated rings. The van der Waals surface area contributed by atoms with Crippen molar-refractivity contribution in [3.8, 4) is 0 Å². The van der Waals surface area contributed by atoms with Gasteiger partial charge in [0.2, 0.25) is 0 Å². The van der Waals surface area contributed by atoms with Crippen molar-refractivity contribution in [1.29, 1.82) is 0 Å². The van der Waals surface area contributed by atoms with Crippen LogP contribution >= 0.6 is 0 Å². The molecule has 0 bridgehead atoms. The molecule has 0 aromatic heterocycles. The van der Waals surface area contributed by atoms with E-state index in [1.807, 2.05) is 18.2 Å². The van der Waals surface area contributed by atoms with E-state index in [-0.39, 0.29) is 11.8 Å². The summed E-state index contributed by atoms with van der Waals surface area (Å²) in [4.78, 5) is 14.3. The van der Waals surface area contributed by atoms with E-state index >= 15 is 0 Å². The lowest BCUT2D eigenvalue weighted by molar-refractivity contribution is 0.237. The average Bonchev–Trinajstić information content (AvgIpc) is 2.54. The minimum Gasteiger partial charge on any atom is -0.307 e. The zero-order chi connectivity index (χ0) is 19.5. The Kier molecular flexibility index (Phi) is 6.69. The van der Waals surface area contributed by atoms with Gasteiger partial charge < -0.3 is 5.32 Å². The molecule has 7 heteroatoms. The van der Waals surface area contributed by atoms with Crippen molar-refractivity contribution >= 4 is 21.7 Å². The van der Waals surface area contributed by atoms with Crippen LogP contribution in [0.2, 0.25) is 0 Å². The molecule has 1 aromatic rings. The van der Waals surface area contributed by atoms with Crippen molar-refractivity contribution in [2.45, 2.75) is 64.2 Å². The highest BCUT2D eigenvalue weighted by Gasteiger charge is 2.33. The van der Waals surface area contributed by atoms with Crippen LogP contribution < -0.4 is 10.0 Å². The Hall–Kier alpha value is -1.60. The van der Waals surface area contributed by atoms with Crippen molar-refractivity contribution in [1.82, 2.24) is 9.62 Å². The smallest absolute Gasteiger partial charge is 0.307 e. The van der Waals surface area contributed by atoms with Gasteiger partial charge in [-0.1, -0.05) is 45.9 Å². The molecule has 1 aromatic carbocycles. The number of hydrogen-bond donors (Lipinski definition) is 2. The first kappa shape index (κ1) is 20.7. The maximum Gasteiger partial charge on any atom is 0.332 e. The van der Waals surface area contributed by atoms with Gasteiger partial charge in [-0.25, -0.2) is 17.9 Å². The van der Waals surface area contributed by atoms with E-state index in [0.29, 0.717) is 12.1 Å². The molecule has 26 heavy (non-hydrogen) atoms. The molecule has 2 amide bonds. The molecule has 2 rings (SSSR count). The molecule has 0 saturated carbocycles. The Morgan fingerprint density at radius 2 is 1.69 bits per heavy atom. The Balaban J connectivity index is 2.22. The molecule has 0 spiro atoms. The van der Waals surface area contributed by atoms with Gasteiger partial charge in [0.05, 0.1) is 0 Å². The van der Waals surface area contributed by atoms with Crippen LogP contribution in [-0.4, -0.2) is 38.3 Å². The number of rotatable bonds is 5. The molecule has 1 unspecified atom stereocenters. The Labute approximate surface area is 157 Å². The van der Waals surface area contributed by atoms with Gasteiger partial charge in [0, 0.05) is 5.69 Å². The molecule has 6 nitrogen and oxygen atoms in total. The van der Waals surface area contributed by atoms with E-state index in [0.717, 1.165) is 30.5 Å². The van der Waals surface area contributed by atoms with Gasteiger partial charge >= 0.3 is 6.03 Å². The van der Waals surface area contributed by atoms with Gasteiger partial charge in [-0.2, -0.15) is 0 Å². The second kappa shape index (κ2) is 8.39. The number of benzene rings is 1. The lowest BCUT2D eigenvalue weighted by Gasteiger charge is -2.31. The van der Waals surface area contributed by atoms with Gasteiger partial charge in [-0.15, -0.1) is 0 Å². The van der Waals surface area contributed by atoms with Gasteiger partial charge in [-0.3, -0.25) is 4.90 Å². The monoisotopic (exact) mass is 381 g/mol. The van der Waals surface area contributed by atoms with Gasteiger partial charge in [-0.05, 0) is 55.8 Å². The molecule has 0 aliphatic carbocycles. The Morgan fingerprint density at radius 1 is 1.12 bits per heavy atom. The van der Waals surface area contributed by atoms with Gasteiger partial charge in [0.15, 0.2) is 0 Å². The highest BCUT2D eigenvalue weighted by atomic mass is 32.2. The Morgan fingerprint density at radius 3 is 2.19 bits per heavy atom. The number of hydrogen-bond acceptors (Lipinski definition) is 4. The second-order valence-corrected chi connectivity index (χ2v) is 9.49. The molecule has 1 aliphatic heterocycles. The second-order valence-electron chi connectivity index (χ2n) is 7.65. The molecular weight excluding hydrogens is 350 g/mol. The van der Waals surface area contributed by atoms with Gasteiger partial charge in [0.25, 0.3) is 10.0 Å². The normalized spacial score (nSPS) is 19.0. The predicted octanol–water partition coefficient (Wildman–Crippen LogP) is 3.83. The minimum absolute atomic E-state index is 0.213. The maximum absolute atomic E-state index is 12.6. The fourth-order valence-electron chi connectivity index (χ4n) is 3.47. The zero-order valence-electron chi connectivity index (χ0n) is 16.4. The summed E-state index contributed by atoms with van der Waals surface area (Å²) in [7, 11) is -1.97. The maximum atomic E-state index is 12.6. The SMILES string of the molecule is CC(C)c1cccc(C(C)C)c1NC(=O)NS(=O)(=O)C1CCCCN1C. The number of piperidine rings is 1. The summed E-state index contributed by atoms with van der Waals surface area (Å²) in [6.07, 6.45) is 2.37. The van der Waals surface area contributed by atoms with Crippen LogP contribution in [0.5, 0.6) is 0 Å². The van der Waals surface area contributed by atoms with Gasteiger partial charge in [0.1, 0.15) is 5.37 Å². The van der Waals surface area contributed by atoms with Crippen molar-refractivity contribution in [2.75, 3.05) is 18.9 Å².